The number of carbonyl (C=O) groups excluding carboxylic acids is 1. The minimum absolute atomic E-state index is 0.0460. The normalized spacial score (nSPS) is 13.6. The second-order valence-electron chi connectivity index (χ2n) is 3.02. The quantitative estimate of drug-likeness (QED) is 0.633. The van der Waals surface area contributed by atoms with Gasteiger partial charge in [0.2, 0.25) is 0 Å². The molecule has 0 spiro atoms. The van der Waals surface area contributed by atoms with Crippen molar-refractivity contribution < 1.29 is 17.9 Å². The lowest BCUT2D eigenvalue weighted by Gasteiger charge is -2.13. The van der Waals surface area contributed by atoms with Gasteiger partial charge in [-0.15, -0.1) is 0 Å². The van der Waals surface area contributed by atoms with Crippen LogP contribution in [0.25, 0.3) is 0 Å². The molecule has 0 aromatic rings. The van der Waals surface area contributed by atoms with Gasteiger partial charge in [-0.1, -0.05) is 13.8 Å². The molecule has 0 aromatic carbocycles. The molecule has 0 aromatic heterocycles. The molecule has 0 aliphatic heterocycles. The molecular weight excluding hydrogens is 204 g/mol. The zero-order valence-corrected chi connectivity index (χ0v) is 9.76. The molecule has 0 rings (SSSR count). The van der Waals surface area contributed by atoms with Crippen LogP contribution in [0.3, 0.4) is 0 Å². The summed E-state index contributed by atoms with van der Waals surface area (Å²) >= 11 is 0. The zero-order chi connectivity index (χ0) is 11.2. The van der Waals surface area contributed by atoms with E-state index in [9.17, 15) is 13.2 Å². The van der Waals surface area contributed by atoms with Crippen LogP contribution in [0.5, 0.6) is 0 Å². The second-order valence-corrected chi connectivity index (χ2v) is 5.32. The summed E-state index contributed by atoms with van der Waals surface area (Å²) in [6.07, 6.45) is 0.805. The third-order valence-electron chi connectivity index (χ3n) is 1.84. The molecule has 84 valence electrons. The Morgan fingerprint density at radius 3 is 2.21 bits per heavy atom. The SMILES string of the molecule is CCCS(=O)(=O)C(CC)C(=O)OCC. The predicted molar refractivity (Wildman–Crippen MR) is 54.8 cm³/mol. The molecule has 0 aliphatic carbocycles. The van der Waals surface area contributed by atoms with Gasteiger partial charge in [0.25, 0.3) is 0 Å². The van der Waals surface area contributed by atoms with Crippen molar-refractivity contribution in [3.05, 3.63) is 0 Å². The van der Waals surface area contributed by atoms with Gasteiger partial charge in [0.1, 0.15) is 0 Å². The van der Waals surface area contributed by atoms with Crippen LogP contribution < -0.4 is 0 Å². The van der Waals surface area contributed by atoms with Crippen LogP contribution in [-0.4, -0.2) is 32.0 Å². The number of carbonyl (C=O) groups is 1. The molecule has 0 aliphatic rings. The Hall–Kier alpha value is -0.580. The molecule has 0 N–H and O–H groups in total. The van der Waals surface area contributed by atoms with Gasteiger partial charge in [0.15, 0.2) is 15.1 Å². The molecule has 0 fully saturated rings. The van der Waals surface area contributed by atoms with Crippen molar-refractivity contribution in [1.29, 1.82) is 0 Å². The van der Waals surface area contributed by atoms with Crippen LogP contribution in [0, 0.1) is 0 Å². The first-order valence-electron chi connectivity index (χ1n) is 4.87. The van der Waals surface area contributed by atoms with Crippen LogP contribution >= 0.6 is 0 Å². The van der Waals surface area contributed by atoms with Gasteiger partial charge < -0.3 is 4.74 Å². The van der Waals surface area contributed by atoms with E-state index in [0.717, 1.165) is 0 Å². The molecule has 0 saturated carbocycles. The Balaban J connectivity index is 4.63. The van der Waals surface area contributed by atoms with E-state index in [4.69, 9.17) is 4.74 Å². The zero-order valence-electron chi connectivity index (χ0n) is 8.95. The molecule has 0 heterocycles. The molecule has 0 saturated heterocycles. The maximum atomic E-state index is 11.6. The molecule has 0 amide bonds. The van der Waals surface area contributed by atoms with Crippen molar-refractivity contribution in [1.82, 2.24) is 0 Å². The van der Waals surface area contributed by atoms with E-state index in [1.54, 1.807) is 20.8 Å². The van der Waals surface area contributed by atoms with Gasteiger partial charge >= 0.3 is 5.97 Å². The minimum atomic E-state index is -3.32. The highest BCUT2D eigenvalue weighted by Crippen LogP contribution is 2.10. The third-order valence-corrected chi connectivity index (χ3v) is 4.21. The first-order chi connectivity index (χ1) is 6.49. The molecule has 5 heteroatoms. The van der Waals surface area contributed by atoms with Crippen molar-refractivity contribution >= 4 is 15.8 Å². The first-order valence-corrected chi connectivity index (χ1v) is 6.59. The van der Waals surface area contributed by atoms with Gasteiger partial charge in [0.05, 0.1) is 12.4 Å². The standard InChI is InChI=1S/C9H18O4S/c1-4-7-14(11,12)8(5-2)9(10)13-6-3/h8H,4-7H2,1-3H3. The summed E-state index contributed by atoms with van der Waals surface area (Å²) < 4.78 is 27.9. The van der Waals surface area contributed by atoms with Gasteiger partial charge in [-0.3, -0.25) is 4.79 Å². The van der Waals surface area contributed by atoms with E-state index in [0.29, 0.717) is 6.42 Å². The Kier molecular flexibility index (Phi) is 5.76. The lowest BCUT2D eigenvalue weighted by atomic mass is 10.3. The van der Waals surface area contributed by atoms with Crippen LogP contribution in [0.4, 0.5) is 0 Å². The fraction of sp³-hybridized carbons (Fsp3) is 0.889. The number of sulfone groups is 1. The molecule has 1 atom stereocenters. The lowest BCUT2D eigenvalue weighted by molar-refractivity contribution is -0.142. The van der Waals surface area contributed by atoms with Crippen molar-refractivity contribution in [2.24, 2.45) is 0 Å². The molecule has 0 bridgehead atoms. The fourth-order valence-electron chi connectivity index (χ4n) is 1.23. The fourth-order valence-corrected chi connectivity index (χ4v) is 2.95. The Morgan fingerprint density at radius 1 is 1.29 bits per heavy atom. The Morgan fingerprint density at radius 2 is 1.86 bits per heavy atom. The number of esters is 1. The lowest BCUT2D eigenvalue weighted by Crippen LogP contribution is -2.33. The predicted octanol–water partition coefficient (Wildman–Crippen LogP) is 1.15. The topological polar surface area (TPSA) is 60.4 Å². The molecular formula is C9H18O4S. The number of rotatable bonds is 6. The highest BCUT2D eigenvalue weighted by Gasteiger charge is 2.31. The van der Waals surface area contributed by atoms with E-state index in [2.05, 4.69) is 0 Å². The summed E-state index contributed by atoms with van der Waals surface area (Å²) in [5.74, 6) is -0.576. The van der Waals surface area contributed by atoms with Crippen LogP contribution in [-0.2, 0) is 19.4 Å². The molecule has 0 radical (unpaired) electrons. The highest BCUT2D eigenvalue weighted by atomic mass is 32.2. The molecule has 4 nitrogen and oxygen atoms in total. The first kappa shape index (κ1) is 13.4. The number of hydrogen-bond acceptors (Lipinski definition) is 4. The van der Waals surface area contributed by atoms with E-state index >= 15 is 0 Å². The minimum Gasteiger partial charge on any atom is -0.465 e. The smallest absolute Gasteiger partial charge is 0.324 e. The maximum absolute atomic E-state index is 11.6. The summed E-state index contributed by atoms with van der Waals surface area (Å²) in [6, 6.07) is 0. The maximum Gasteiger partial charge on any atom is 0.324 e. The summed E-state index contributed by atoms with van der Waals surface area (Å²) in [6.45, 7) is 5.33. The van der Waals surface area contributed by atoms with E-state index in [1.807, 2.05) is 0 Å². The summed E-state index contributed by atoms with van der Waals surface area (Å²) in [5, 5.41) is -0.984. The van der Waals surface area contributed by atoms with Gasteiger partial charge in [-0.05, 0) is 19.8 Å². The molecule has 1 unspecified atom stereocenters. The van der Waals surface area contributed by atoms with E-state index in [-0.39, 0.29) is 18.8 Å². The average molecular weight is 222 g/mol. The largest absolute Gasteiger partial charge is 0.465 e. The third kappa shape index (κ3) is 3.65. The summed E-state index contributed by atoms with van der Waals surface area (Å²) in [7, 11) is -3.32. The van der Waals surface area contributed by atoms with Crippen molar-refractivity contribution in [3.8, 4) is 0 Å². The van der Waals surface area contributed by atoms with E-state index in [1.165, 1.54) is 0 Å². The van der Waals surface area contributed by atoms with Crippen molar-refractivity contribution in [2.75, 3.05) is 12.4 Å². The van der Waals surface area contributed by atoms with E-state index < -0.39 is 21.1 Å². The monoisotopic (exact) mass is 222 g/mol. The second kappa shape index (κ2) is 6.01. The van der Waals surface area contributed by atoms with Gasteiger partial charge in [0, 0.05) is 0 Å². The van der Waals surface area contributed by atoms with Gasteiger partial charge in [-0.25, -0.2) is 8.42 Å². The Bertz CT molecular complexity index is 269. The summed E-state index contributed by atoms with van der Waals surface area (Å²) in [5.41, 5.74) is 0. The Labute approximate surface area is 85.6 Å². The van der Waals surface area contributed by atoms with Crippen molar-refractivity contribution in [2.45, 2.75) is 38.9 Å². The highest BCUT2D eigenvalue weighted by molar-refractivity contribution is 7.92. The van der Waals surface area contributed by atoms with Crippen LogP contribution in [0.2, 0.25) is 0 Å². The van der Waals surface area contributed by atoms with Crippen LogP contribution in [0.1, 0.15) is 33.6 Å². The molecule has 14 heavy (non-hydrogen) atoms. The average Bonchev–Trinajstić information content (AvgIpc) is 2.04. The number of hydrogen-bond donors (Lipinski definition) is 0. The van der Waals surface area contributed by atoms with Crippen molar-refractivity contribution in [3.63, 3.8) is 0 Å². The number of ether oxygens (including phenoxy) is 1. The summed E-state index contributed by atoms with van der Waals surface area (Å²) in [4.78, 5) is 11.3. The van der Waals surface area contributed by atoms with Gasteiger partial charge in [-0.2, -0.15) is 0 Å². The van der Waals surface area contributed by atoms with Crippen LogP contribution in [0.15, 0.2) is 0 Å².